The number of hydrogen-bond donors (Lipinski definition) is 1. The summed E-state index contributed by atoms with van der Waals surface area (Å²) < 4.78 is 5.81. The van der Waals surface area contributed by atoms with Gasteiger partial charge in [0.05, 0.1) is 12.2 Å². The summed E-state index contributed by atoms with van der Waals surface area (Å²) in [6, 6.07) is 6.33. The van der Waals surface area contributed by atoms with Gasteiger partial charge in [-0.25, -0.2) is 4.98 Å². The molecule has 4 nitrogen and oxygen atoms in total. The van der Waals surface area contributed by atoms with Crippen LogP contribution >= 0.6 is 0 Å². The minimum Gasteiger partial charge on any atom is -0.439 e. The van der Waals surface area contributed by atoms with Crippen LogP contribution in [0.15, 0.2) is 22.6 Å². The maximum atomic E-state index is 5.92. The van der Waals surface area contributed by atoms with Crippen LogP contribution in [-0.2, 0) is 6.54 Å². The highest BCUT2D eigenvalue weighted by atomic mass is 16.3. The lowest BCUT2D eigenvalue weighted by Gasteiger charge is -2.26. The maximum absolute atomic E-state index is 5.92. The number of oxazole rings is 1. The van der Waals surface area contributed by atoms with Crippen molar-refractivity contribution in [1.82, 2.24) is 9.88 Å². The van der Waals surface area contributed by atoms with E-state index in [9.17, 15) is 0 Å². The number of nitrogen functional groups attached to an aromatic ring is 1. The van der Waals surface area contributed by atoms with E-state index in [0.717, 1.165) is 30.1 Å². The Labute approximate surface area is 113 Å². The number of hydrogen-bond acceptors (Lipinski definition) is 4. The average Bonchev–Trinajstić information content (AvgIpc) is 2.96. The highest BCUT2D eigenvalue weighted by Gasteiger charge is 2.28. The van der Waals surface area contributed by atoms with E-state index in [4.69, 9.17) is 10.2 Å². The van der Waals surface area contributed by atoms with Gasteiger partial charge in [-0.3, -0.25) is 4.90 Å². The number of nitrogens with two attached hydrogens (primary N) is 1. The largest absolute Gasteiger partial charge is 0.439 e. The van der Waals surface area contributed by atoms with Crippen molar-refractivity contribution in [2.45, 2.75) is 39.3 Å². The molecule has 1 fully saturated rings. The Hall–Kier alpha value is -1.55. The molecular formula is C15H21N3O. The number of aromatic nitrogens is 1. The van der Waals surface area contributed by atoms with Crippen LogP contribution in [0.2, 0.25) is 0 Å². The van der Waals surface area contributed by atoms with E-state index in [2.05, 4.69) is 23.7 Å². The van der Waals surface area contributed by atoms with Crippen molar-refractivity contribution in [3.63, 3.8) is 0 Å². The molecule has 102 valence electrons. The number of nitrogens with zero attached hydrogens (tertiary/aromatic N) is 2. The Morgan fingerprint density at radius 2 is 2.32 bits per heavy atom. The van der Waals surface area contributed by atoms with E-state index >= 15 is 0 Å². The average molecular weight is 259 g/mol. The molecule has 1 aromatic heterocycles. The van der Waals surface area contributed by atoms with Crippen LogP contribution in [0.3, 0.4) is 0 Å². The van der Waals surface area contributed by atoms with Crippen molar-refractivity contribution < 1.29 is 4.42 Å². The number of anilines is 1. The summed E-state index contributed by atoms with van der Waals surface area (Å²) in [5.41, 5.74) is 8.18. The summed E-state index contributed by atoms with van der Waals surface area (Å²) in [6.07, 6.45) is 2.55. The predicted molar refractivity (Wildman–Crippen MR) is 76.7 cm³/mol. The Morgan fingerprint density at radius 1 is 1.47 bits per heavy atom. The summed E-state index contributed by atoms with van der Waals surface area (Å²) in [7, 11) is 0. The van der Waals surface area contributed by atoms with Gasteiger partial charge in [-0.2, -0.15) is 0 Å². The smallest absolute Gasteiger partial charge is 0.209 e. The van der Waals surface area contributed by atoms with Crippen LogP contribution in [0.1, 0.15) is 32.6 Å². The molecule has 0 saturated carbocycles. The van der Waals surface area contributed by atoms with Gasteiger partial charge in [-0.05, 0) is 37.4 Å². The second-order valence-corrected chi connectivity index (χ2v) is 5.73. The summed E-state index contributed by atoms with van der Waals surface area (Å²) in [5, 5.41) is 0. The Balaban J connectivity index is 1.83. The first-order valence-electron chi connectivity index (χ1n) is 7.03. The first-order chi connectivity index (χ1) is 9.15. The fourth-order valence-corrected chi connectivity index (χ4v) is 3.06. The lowest BCUT2D eigenvalue weighted by atomic mass is 10.0. The minimum atomic E-state index is 0.646. The van der Waals surface area contributed by atoms with Crippen molar-refractivity contribution in [2.24, 2.45) is 5.92 Å². The number of likely N-dealkylation sites (tertiary alicyclic amines) is 1. The van der Waals surface area contributed by atoms with Crippen LogP contribution in [0.25, 0.3) is 11.1 Å². The second-order valence-electron chi connectivity index (χ2n) is 5.73. The van der Waals surface area contributed by atoms with E-state index in [1.54, 1.807) is 0 Å². The van der Waals surface area contributed by atoms with Gasteiger partial charge in [0.2, 0.25) is 5.89 Å². The molecule has 0 bridgehead atoms. The van der Waals surface area contributed by atoms with E-state index < -0.39 is 0 Å². The van der Waals surface area contributed by atoms with Crippen molar-refractivity contribution in [3.8, 4) is 0 Å². The lowest BCUT2D eigenvalue weighted by molar-refractivity contribution is 0.183. The number of rotatable bonds is 3. The molecule has 0 amide bonds. The van der Waals surface area contributed by atoms with Crippen molar-refractivity contribution in [1.29, 1.82) is 0 Å². The van der Waals surface area contributed by atoms with Gasteiger partial charge < -0.3 is 10.2 Å². The van der Waals surface area contributed by atoms with Crippen LogP contribution in [-0.4, -0.2) is 22.5 Å². The molecule has 2 heterocycles. The molecule has 3 rings (SSSR count). The molecule has 0 spiro atoms. The minimum absolute atomic E-state index is 0.646. The quantitative estimate of drug-likeness (QED) is 0.861. The molecule has 4 heteroatoms. The first-order valence-corrected chi connectivity index (χ1v) is 7.03. The van der Waals surface area contributed by atoms with Gasteiger partial charge in [0.15, 0.2) is 5.58 Å². The zero-order chi connectivity index (χ0) is 13.4. The molecule has 2 aromatic rings. The van der Waals surface area contributed by atoms with Gasteiger partial charge in [0, 0.05) is 6.04 Å². The molecule has 19 heavy (non-hydrogen) atoms. The van der Waals surface area contributed by atoms with Crippen LogP contribution in [0.4, 0.5) is 5.69 Å². The summed E-state index contributed by atoms with van der Waals surface area (Å²) in [4.78, 5) is 7.01. The van der Waals surface area contributed by atoms with Crippen LogP contribution in [0, 0.1) is 5.92 Å². The summed E-state index contributed by atoms with van der Waals surface area (Å²) >= 11 is 0. The fourth-order valence-electron chi connectivity index (χ4n) is 3.06. The highest BCUT2D eigenvalue weighted by Crippen LogP contribution is 2.27. The third-order valence-electron chi connectivity index (χ3n) is 4.02. The molecule has 1 aliphatic heterocycles. The van der Waals surface area contributed by atoms with Gasteiger partial charge in [-0.1, -0.05) is 19.9 Å². The molecule has 0 aliphatic carbocycles. The monoisotopic (exact) mass is 259 g/mol. The van der Waals surface area contributed by atoms with Crippen LogP contribution < -0.4 is 5.73 Å². The molecule has 1 aromatic carbocycles. The normalized spacial score (nSPS) is 20.7. The van der Waals surface area contributed by atoms with E-state index in [1.165, 1.54) is 12.8 Å². The standard InChI is InChI=1S/C15H21N3O/c1-10(2)12-6-4-8-18(12)9-14-17-15-11(16)5-3-7-13(15)19-14/h3,5,7,10,12H,4,6,8-9,16H2,1-2H3. The zero-order valence-electron chi connectivity index (χ0n) is 11.6. The third-order valence-corrected chi connectivity index (χ3v) is 4.02. The van der Waals surface area contributed by atoms with E-state index in [0.29, 0.717) is 17.6 Å². The second kappa shape index (κ2) is 4.85. The topological polar surface area (TPSA) is 55.3 Å². The Morgan fingerprint density at radius 3 is 3.05 bits per heavy atom. The first kappa shape index (κ1) is 12.5. The Kier molecular flexibility index (Phi) is 3.19. The van der Waals surface area contributed by atoms with Gasteiger partial charge in [0.1, 0.15) is 5.52 Å². The zero-order valence-corrected chi connectivity index (χ0v) is 11.6. The van der Waals surface area contributed by atoms with Gasteiger partial charge in [0.25, 0.3) is 0 Å². The molecule has 1 saturated heterocycles. The van der Waals surface area contributed by atoms with E-state index in [-0.39, 0.29) is 0 Å². The highest BCUT2D eigenvalue weighted by molar-refractivity contribution is 5.85. The van der Waals surface area contributed by atoms with Gasteiger partial charge >= 0.3 is 0 Å². The Bertz CT molecular complexity index is 576. The molecule has 1 aliphatic rings. The molecule has 2 N–H and O–H groups in total. The van der Waals surface area contributed by atoms with Crippen molar-refractivity contribution in [3.05, 3.63) is 24.1 Å². The number of benzene rings is 1. The van der Waals surface area contributed by atoms with Crippen molar-refractivity contribution in [2.75, 3.05) is 12.3 Å². The molecular weight excluding hydrogens is 238 g/mol. The summed E-state index contributed by atoms with van der Waals surface area (Å²) in [5.74, 6) is 1.46. The lowest BCUT2D eigenvalue weighted by Crippen LogP contribution is -2.32. The molecule has 0 radical (unpaired) electrons. The number of para-hydroxylation sites is 1. The number of fused-ring (bicyclic) bond motifs is 1. The fraction of sp³-hybridized carbons (Fsp3) is 0.533. The molecule has 1 atom stereocenters. The van der Waals surface area contributed by atoms with Crippen molar-refractivity contribution >= 4 is 16.8 Å². The maximum Gasteiger partial charge on any atom is 0.209 e. The predicted octanol–water partition coefficient (Wildman–Crippen LogP) is 3.03. The summed E-state index contributed by atoms with van der Waals surface area (Å²) in [6.45, 7) is 6.49. The van der Waals surface area contributed by atoms with E-state index in [1.807, 2.05) is 18.2 Å². The van der Waals surface area contributed by atoms with Crippen LogP contribution in [0.5, 0.6) is 0 Å². The van der Waals surface area contributed by atoms with Gasteiger partial charge in [-0.15, -0.1) is 0 Å². The SMILES string of the molecule is CC(C)C1CCCN1Cc1nc2c(N)cccc2o1. The third kappa shape index (κ3) is 2.32. The molecule has 1 unspecified atom stereocenters.